The zero-order valence-electron chi connectivity index (χ0n) is 18.4. The minimum absolute atomic E-state index is 0.0147. The van der Waals surface area contributed by atoms with Gasteiger partial charge in [-0.2, -0.15) is 5.10 Å². The van der Waals surface area contributed by atoms with Crippen LogP contribution in [0.5, 0.6) is 5.88 Å². The molecule has 2 fully saturated rings. The number of piperidine rings is 1. The number of aromatic nitrogens is 2. The molecule has 1 N–H and O–H groups in total. The average Bonchev–Trinajstić information content (AvgIpc) is 3.08. The second kappa shape index (κ2) is 8.09. The lowest BCUT2D eigenvalue weighted by molar-refractivity contribution is 0.0705. The minimum atomic E-state index is -0.527. The fraction of sp³-hybridized carbons (Fsp3) is 0.375. The first-order chi connectivity index (χ1) is 15.4. The number of thiophene rings is 1. The molecule has 0 radical (unpaired) electrons. The van der Waals surface area contributed by atoms with E-state index in [2.05, 4.69) is 41.6 Å². The van der Waals surface area contributed by atoms with Crippen LogP contribution in [0.15, 0.2) is 41.8 Å². The number of hydrogen-bond donors (Lipinski definition) is 1. The third kappa shape index (κ3) is 3.90. The summed E-state index contributed by atoms with van der Waals surface area (Å²) < 4.78 is 6.91. The number of aryl methyl sites for hydroxylation is 3. The number of amides is 2. The highest BCUT2D eigenvalue weighted by molar-refractivity contribution is 7.14. The van der Waals surface area contributed by atoms with E-state index in [1.165, 1.54) is 10.2 Å². The van der Waals surface area contributed by atoms with Gasteiger partial charge in [0.05, 0.1) is 17.3 Å². The number of fused-ring (bicyclic) bond motifs is 1. The molecule has 7 nitrogen and oxygen atoms in total. The van der Waals surface area contributed by atoms with Gasteiger partial charge in [0.2, 0.25) is 5.88 Å². The Bertz CT molecular complexity index is 1170. The summed E-state index contributed by atoms with van der Waals surface area (Å²) in [6, 6.07) is 11.9. The van der Waals surface area contributed by atoms with Crippen LogP contribution in [0.3, 0.4) is 0 Å². The number of nitrogens with zero attached hydrogens (tertiary/aromatic N) is 3. The van der Waals surface area contributed by atoms with E-state index in [1.807, 2.05) is 23.3 Å². The summed E-state index contributed by atoms with van der Waals surface area (Å²) in [4.78, 5) is 28.8. The minimum Gasteiger partial charge on any atom is -0.392 e. The number of hydrogen-bond acceptors (Lipinski definition) is 5. The van der Waals surface area contributed by atoms with Crippen LogP contribution in [0.4, 0.5) is 4.79 Å². The maximum absolute atomic E-state index is 13.5. The fourth-order valence-electron chi connectivity index (χ4n) is 4.63. The SMILES string of the molecule is Cc1ccc(-c2sccc2C(=O)N2C[C@@H]3C[C@@H]3[C@H]2CNC(=O)Oc2cc(C)nn2C)cc1. The van der Waals surface area contributed by atoms with Crippen molar-refractivity contribution in [2.75, 3.05) is 13.1 Å². The first kappa shape index (κ1) is 20.8. The third-order valence-electron chi connectivity index (χ3n) is 6.39. The first-order valence-electron chi connectivity index (χ1n) is 10.8. The van der Waals surface area contributed by atoms with Crippen LogP contribution in [-0.2, 0) is 7.05 Å². The topological polar surface area (TPSA) is 76.5 Å². The van der Waals surface area contributed by atoms with Crippen molar-refractivity contribution in [2.24, 2.45) is 18.9 Å². The number of carbonyl (C=O) groups excluding carboxylic acids is 2. The molecule has 0 spiro atoms. The normalized spacial score (nSPS) is 21.3. The highest BCUT2D eigenvalue weighted by Gasteiger charge is 2.54. The van der Waals surface area contributed by atoms with Gasteiger partial charge in [0, 0.05) is 31.1 Å². The van der Waals surface area contributed by atoms with Crippen LogP contribution in [-0.4, -0.2) is 45.8 Å². The van der Waals surface area contributed by atoms with Crippen LogP contribution in [0.1, 0.15) is 28.0 Å². The molecule has 166 valence electrons. The zero-order valence-corrected chi connectivity index (χ0v) is 19.2. The highest BCUT2D eigenvalue weighted by atomic mass is 32.1. The fourth-order valence-corrected chi connectivity index (χ4v) is 5.52. The summed E-state index contributed by atoms with van der Waals surface area (Å²) in [5, 5.41) is 9.01. The van der Waals surface area contributed by atoms with Gasteiger partial charge < -0.3 is 15.0 Å². The smallest absolute Gasteiger partial charge is 0.392 e. The van der Waals surface area contributed by atoms with Gasteiger partial charge in [-0.05, 0) is 49.1 Å². The van der Waals surface area contributed by atoms with Gasteiger partial charge in [0.25, 0.3) is 5.91 Å². The lowest BCUT2D eigenvalue weighted by Crippen LogP contribution is -2.46. The van der Waals surface area contributed by atoms with Crippen molar-refractivity contribution >= 4 is 23.3 Å². The molecule has 3 aromatic rings. The molecule has 32 heavy (non-hydrogen) atoms. The van der Waals surface area contributed by atoms with Gasteiger partial charge >= 0.3 is 6.09 Å². The van der Waals surface area contributed by atoms with Gasteiger partial charge in [0.1, 0.15) is 0 Å². The van der Waals surface area contributed by atoms with Crippen molar-refractivity contribution in [3.63, 3.8) is 0 Å². The van der Waals surface area contributed by atoms with Crippen LogP contribution >= 0.6 is 11.3 Å². The van der Waals surface area contributed by atoms with Crippen molar-refractivity contribution in [3.8, 4) is 16.3 Å². The van der Waals surface area contributed by atoms with Gasteiger partial charge in [-0.25, -0.2) is 9.48 Å². The molecule has 3 atom stereocenters. The molecule has 8 heteroatoms. The molecule has 1 saturated heterocycles. The number of benzene rings is 1. The standard InChI is InChI=1S/C24H26N4O3S/c1-14-4-6-16(7-5-14)22-18(8-9-32-22)23(29)28-13-17-11-19(17)20(28)12-25-24(30)31-21-10-15(2)26-27(21)3/h4-10,17,19-20H,11-13H2,1-3H3,(H,25,30)/t17-,19-,20+/m0/s1. The molecule has 1 aromatic carbocycles. The number of likely N-dealkylation sites (tertiary alicyclic amines) is 1. The van der Waals surface area contributed by atoms with Crippen molar-refractivity contribution in [1.29, 1.82) is 0 Å². The molecular weight excluding hydrogens is 424 g/mol. The number of ether oxygens (including phenoxy) is 1. The van der Waals surface area contributed by atoms with Crippen LogP contribution in [0.2, 0.25) is 0 Å². The molecular formula is C24H26N4O3S. The Morgan fingerprint density at radius 3 is 2.72 bits per heavy atom. The highest BCUT2D eigenvalue weighted by Crippen LogP contribution is 2.50. The zero-order chi connectivity index (χ0) is 22.4. The summed E-state index contributed by atoms with van der Waals surface area (Å²) >= 11 is 1.59. The van der Waals surface area contributed by atoms with Gasteiger partial charge in [-0.15, -0.1) is 11.3 Å². The van der Waals surface area contributed by atoms with Gasteiger partial charge in [-0.3, -0.25) is 4.79 Å². The van der Waals surface area contributed by atoms with Gasteiger partial charge in [0.15, 0.2) is 0 Å². The summed E-state index contributed by atoms with van der Waals surface area (Å²) in [5.74, 6) is 1.41. The van der Waals surface area contributed by atoms with Crippen LogP contribution in [0.25, 0.3) is 10.4 Å². The van der Waals surface area contributed by atoms with E-state index in [0.717, 1.165) is 34.7 Å². The average molecular weight is 451 g/mol. The Morgan fingerprint density at radius 1 is 1.22 bits per heavy atom. The lowest BCUT2D eigenvalue weighted by atomic mass is 10.1. The maximum atomic E-state index is 13.5. The molecule has 0 unspecified atom stereocenters. The van der Waals surface area contributed by atoms with Crippen molar-refractivity contribution in [1.82, 2.24) is 20.0 Å². The molecule has 5 rings (SSSR count). The molecule has 3 heterocycles. The summed E-state index contributed by atoms with van der Waals surface area (Å²) in [5.41, 5.74) is 3.77. The molecule has 1 saturated carbocycles. The summed E-state index contributed by atoms with van der Waals surface area (Å²) in [6.45, 7) is 5.02. The quantitative estimate of drug-likeness (QED) is 0.637. The van der Waals surface area contributed by atoms with Crippen LogP contribution in [0, 0.1) is 25.7 Å². The molecule has 1 aliphatic carbocycles. The Balaban J connectivity index is 1.28. The molecule has 2 aliphatic rings. The number of nitrogens with one attached hydrogen (secondary N) is 1. The Kier molecular flexibility index (Phi) is 5.25. The summed E-state index contributed by atoms with van der Waals surface area (Å²) in [7, 11) is 1.73. The van der Waals surface area contributed by atoms with E-state index < -0.39 is 6.09 Å². The lowest BCUT2D eigenvalue weighted by Gasteiger charge is -2.28. The van der Waals surface area contributed by atoms with Crippen molar-refractivity contribution in [2.45, 2.75) is 26.3 Å². The maximum Gasteiger partial charge on any atom is 0.414 e. The Hall–Kier alpha value is -3.13. The Labute approximate surface area is 191 Å². The van der Waals surface area contributed by atoms with E-state index in [4.69, 9.17) is 4.74 Å². The first-order valence-corrected chi connectivity index (χ1v) is 11.7. The van der Waals surface area contributed by atoms with E-state index in [1.54, 1.807) is 24.5 Å². The number of carbonyl (C=O) groups is 2. The monoisotopic (exact) mass is 450 g/mol. The van der Waals surface area contributed by atoms with E-state index in [9.17, 15) is 9.59 Å². The molecule has 2 aromatic heterocycles. The van der Waals surface area contributed by atoms with Crippen molar-refractivity contribution in [3.05, 3.63) is 58.6 Å². The second-order valence-electron chi connectivity index (χ2n) is 8.73. The van der Waals surface area contributed by atoms with E-state index in [-0.39, 0.29) is 11.9 Å². The van der Waals surface area contributed by atoms with Crippen LogP contribution < -0.4 is 10.1 Å². The van der Waals surface area contributed by atoms with Gasteiger partial charge in [-0.1, -0.05) is 29.8 Å². The predicted molar refractivity (Wildman–Crippen MR) is 123 cm³/mol. The molecule has 2 amide bonds. The van der Waals surface area contributed by atoms with E-state index >= 15 is 0 Å². The predicted octanol–water partition coefficient (Wildman–Crippen LogP) is 4.01. The Morgan fingerprint density at radius 2 is 2.00 bits per heavy atom. The largest absolute Gasteiger partial charge is 0.414 e. The van der Waals surface area contributed by atoms with E-state index in [0.29, 0.717) is 24.3 Å². The number of rotatable bonds is 5. The second-order valence-corrected chi connectivity index (χ2v) is 9.65. The molecule has 1 aliphatic heterocycles. The third-order valence-corrected chi connectivity index (χ3v) is 7.35. The van der Waals surface area contributed by atoms with Crippen molar-refractivity contribution < 1.29 is 14.3 Å². The molecule has 0 bridgehead atoms. The summed E-state index contributed by atoms with van der Waals surface area (Å²) in [6.07, 6.45) is 0.584.